The van der Waals surface area contributed by atoms with Gasteiger partial charge in [0.15, 0.2) is 0 Å². The van der Waals surface area contributed by atoms with Gasteiger partial charge in [0.05, 0.1) is 27.6 Å². The van der Waals surface area contributed by atoms with Crippen molar-refractivity contribution >= 4 is 61.8 Å². The van der Waals surface area contributed by atoms with Gasteiger partial charge in [-0.25, -0.2) is 0 Å². The molecule has 0 atom stereocenters. The average Bonchev–Trinajstić information content (AvgIpc) is 3.55. The van der Waals surface area contributed by atoms with Crippen LogP contribution in [0.5, 0.6) is 0 Å². The molecule has 0 saturated heterocycles. The van der Waals surface area contributed by atoms with E-state index in [1.54, 1.807) is 0 Å². The van der Waals surface area contributed by atoms with Gasteiger partial charge < -0.3 is 8.97 Å². The number of hydrogen-bond acceptors (Lipinski definition) is 1. The molecule has 0 spiro atoms. The Balaban J connectivity index is 1.56. The summed E-state index contributed by atoms with van der Waals surface area (Å²) in [6.07, 6.45) is 7.63. The molecule has 0 unspecified atom stereocenters. The molecule has 0 bridgehead atoms. The molecule has 3 nitrogen and oxygen atoms in total. The van der Waals surface area contributed by atoms with E-state index < -0.39 is 0 Å². The quantitative estimate of drug-likeness (QED) is 0.237. The van der Waals surface area contributed by atoms with Crippen molar-refractivity contribution in [3.63, 3.8) is 0 Å². The van der Waals surface area contributed by atoms with Crippen molar-refractivity contribution in [2.24, 2.45) is 0 Å². The zero-order chi connectivity index (χ0) is 26.8. The molecule has 0 fully saturated rings. The van der Waals surface area contributed by atoms with E-state index in [2.05, 4.69) is 136 Å². The zero-order valence-corrected chi connectivity index (χ0v) is 21.9. The van der Waals surface area contributed by atoms with E-state index in [1.165, 1.54) is 27.2 Å². The van der Waals surface area contributed by atoms with Crippen molar-refractivity contribution in [2.75, 3.05) is 0 Å². The van der Waals surface area contributed by atoms with E-state index in [9.17, 15) is 0 Å². The van der Waals surface area contributed by atoms with E-state index in [0.29, 0.717) is 0 Å². The van der Waals surface area contributed by atoms with Crippen LogP contribution in [0.15, 0.2) is 128 Å². The highest BCUT2D eigenvalue weighted by molar-refractivity contribution is 6.14. The number of nitrogens with zero attached hydrogens (tertiary/aromatic N) is 3. The van der Waals surface area contributed by atoms with Gasteiger partial charge in [0.25, 0.3) is 0 Å². The van der Waals surface area contributed by atoms with Crippen LogP contribution in [-0.4, -0.2) is 14.0 Å². The first kappa shape index (κ1) is 22.6. The normalized spacial score (nSPS) is 12.3. The molecule has 3 heteroatoms. The van der Waals surface area contributed by atoms with E-state index in [1.807, 2.05) is 18.5 Å². The van der Waals surface area contributed by atoms with Crippen molar-refractivity contribution in [2.45, 2.75) is 0 Å². The molecule has 0 aliphatic carbocycles. The molecule has 0 radical (unpaired) electrons. The minimum atomic E-state index is 1.00. The largest absolute Gasteiger partial charge is 0.309 e. The van der Waals surface area contributed by atoms with Crippen LogP contribution in [0.1, 0.15) is 0 Å². The molecule has 8 rings (SSSR count). The SMILES string of the molecule is C=C/C=c1\c(=C)c2cc3ccccc3n2c2cc3c4ccccc4n(-c4cccc(-c5ccncc5)c4)c3cc12. The number of rotatable bonds is 3. The number of allylic oxidation sites excluding steroid dienone is 1. The van der Waals surface area contributed by atoms with Gasteiger partial charge in [0.2, 0.25) is 0 Å². The van der Waals surface area contributed by atoms with E-state index in [-0.39, 0.29) is 0 Å². The standard InChI is InChI=1S/C37H25N3/c1-3-9-29-24(2)35-21-27-10-4-6-14-33(27)40(35)37-23-32-30-13-5-7-15-34(30)39(36(32)22-31(29)37)28-12-8-11-26(20-28)25-16-18-38-19-17-25/h3-23H,1-2H2/b29-9+. The lowest BCUT2D eigenvalue weighted by atomic mass is 10.1. The lowest BCUT2D eigenvalue weighted by Crippen LogP contribution is -2.26. The maximum absolute atomic E-state index is 4.55. The fourth-order valence-corrected chi connectivity index (χ4v) is 6.30. The Hall–Kier alpha value is -5.41. The molecule has 0 amide bonds. The second-order valence-corrected chi connectivity index (χ2v) is 10.2. The fourth-order valence-electron chi connectivity index (χ4n) is 6.30. The first-order valence-corrected chi connectivity index (χ1v) is 13.4. The third-order valence-corrected chi connectivity index (χ3v) is 8.07. The van der Waals surface area contributed by atoms with E-state index in [4.69, 9.17) is 0 Å². The van der Waals surface area contributed by atoms with Gasteiger partial charge in [-0.05, 0) is 76.2 Å². The summed E-state index contributed by atoms with van der Waals surface area (Å²) in [6, 6.07) is 37.0. The van der Waals surface area contributed by atoms with Crippen LogP contribution in [-0.2, 0) is 0 Å². The molecule has 0 aliphatic heterocycles. The highest BCUT2D eigenvalue weighted by Gasteiger charge is 2.17. The highest BCUT2D eigenvalue weighted by Crippen LogP contribution is 2.36. The number of hydrogen-bond donors (Lipinski definition) is 0. The first-order chi connectivity index (χ1) is 19.7. The number of fused-ring (bicyclic) bond motifs is 8. The second-order valence-electron chi connectivity index (χ2n) is 10.2. The highest BCUT2D eigenvalue weighted by atomic mass is 15.0. The maximum atomic E-state index is 4.55. The van der Waals surface area contributed by atoms with Gasteiger partial charge in [-0.2, -0.15) is 0 Å². The summed E-state index contributed by atoms with van der Waals surface area (Å²) in [5, 5.41) is 6.92. The van der Waals surface area contributed by atoms with Crippen molar-refractivity contribution in [1.29, 1.82) is 0 Å². The van der Waals surface area contributed by atoms with Crippen molar-refractivity contribution in [1.82, 2.24) is 14.0 Å². The number of aromatic nitrogens is 3. The molecule has 4 heterocycles. The monoisotopic (exact) mass is 511 g/mol. The summed E-state index contributed by atoms with van der Waals surface area (Å²) in [7, 11) is 0. The predicted molar refractivity (Wildman–Crippen MR) is 169 cm³/mol. The summed E-state index contributed by atoms with van der Waals surface area (Å²) >= 11 is 0. The topological polar surface area (TPSA) is 22.2 Å². The molecule has 40 heavy (non-hydrogen) atoms. The van der Waals surface area contributed by atoms with Gasteiger partial charge in [0.1, 0.15) is 0 Å². The lowest BCUT2D eigenvalue weighted by Gasteiger charge is -2.12. The molecular formula is C37H25N3. The van der Waals surface area contributed by atoms with Crippen LogP contribution in [0.2, 0.25) is 0 Å². The van der Waals surface area contributed by atoms with Crippen LogP contribution < -0.4 is 10.4 Å². The number of pyridine rings is 2. The van der Waals surface area contributed by atoms with Crippen LogP contribution in [0.3, 0.4) is 0 Å². The molecule has 0 saturated carbocycles. The van der Waals surface area contributed by atoms with Crippen molar-refractivity contribution in [3.8, 4) is 16.8 Å². The molecular weight excluding hydrogens is 486 g/mol. The molecule has 0 aliphatic rings. The van der Waals surface area contributed by atoms with Crippen molar-refractivity contribution in [3.05, 3.63) is 139 Å². The Morgan fingerprint density at radius 3 is 2.23 bits per heavy atom. The molecule has 4 aromatic carbocycles. The molecule has 4 aromatic heterocycles. The van der Waals surface area contributed by atoms with Crippen LogP contribution in [0, 0.1) is 0 Å². The second kappa shape index (κ2) is 8.55. The van der Waals surface area contributed by atoms with Crippen LogP contribution in [0.25, 0.3) is 78.6 Å². The minimum Gasteiger partial charge on any atom is -0.309 e. The van der Waals surface area contributed by atoms with Gasteiger partial charge in [-0.3, -0.25) is 4.98 Å². The van der Waals surface area contributed by atoms with Gasteiger partial charge >= 0.3 is 0 Å². The summed E-state index contributed by atoms with van der Waals surface area (Å²) in [4.78, 5) is 4.20. The van der Waals surface area contributed by atoms with Gasteiger partial charge in [-0.15, -0.1) is 0 Å². The third-order valence-electron chi connectivity index (χ3n) is 8.07. The Bertz CT molecular complexity index is 2410. The molecule has 0 N–H and O–H groups in total. The summed E-state index contributed by atoms with van der Waals surface area (Å²) in [5.41, 5.74) is 9.24. The van der Waals surface area contributed by atoms with Gasteiger partial charge in [0, 0.05) is 39.6 Å². The van der Waals surface area contributed by atoms with Crippen LogP contribution in [0.4, 0.5) is 0 Å². The maximum Gasteiger partial charge on any atom is 0.0548 e. The summed E-state index contributed by atoms with van der Waals surface area (Å²) < 4.78 is 4.75. The lowest BCUT2D eigenvalue weighted by molar-refractivity contribution is 1.18. The fraction of sp³-hybridized carbons (Fsp3) is 0. The molecule has 188 valence electrons. The van der Waals surface area contributed by atoms with Crippen molar-refractivity contribution < 1.29 is 0 Å². The minimum absolute atomic E-state index is 1.00. The van der Waals surface area contributed by atoms with Crippen LogP contribution >= 0.6 is 0 Å². The van der Waals surface area contributed by atoms with Gasteiger partial charge in [-0.1, -0.05) is 73.8 Å². The Morgan fingerprint density at radius 2 is 1.38 bits per heavy atom. The van der Waals surface area contributed by atoms with E-state index >= 15 is 0 Å². The van der Waals surface area contributed by atoms with E-state index in [0.717, 1.165) is 49.2 Å². The summed E-state index contributed by atoms with van der Waals surface area (Å²) in [5.74, 6) is 0. The smallest absolute Gasteiger partial charge is 0.0548 e. The zero-order valence-electron chi connectivity index (χ0n) is 21.9. The number of benzene rings is 4. The predicted octanol–water partition coefficient (Wildman–Crippen LogP) is 7.78. The third kappa shape index (κ3) is 3.15. The average molecular weight is 512 g/mol. The first-order valence-electron chi connectivity index (χ1n) is 13.4. The molecule has 8 aromatic rings. The number of para-hydroxylation sites is 2. The summed E-state index contributed by atoms with van der Waals surface area (Å²) in [6.45, 7) is 8.58. The Kier molecular flexibility index (Phi) is 4.82. The Morgan fingerprint density at radius 1 is 0.600 bits per heavy atom. The Labute approximate surface area is 230 Å².